The number of ether oxygens (including phenoxy) is 5. The molecule has 1 aromatic carbocycles. The molecule has 0 saturated heterocycles. The number of pyridine rings is 1. The molecule has 0 bridgehead atoms. The van der Waals surface area contributed by atoms with E-state index in [1.54, 1.807) is 64.6 Å². The van der Waals surface area contributed by atoms with Crippen molar-refractivity contribution in [3.63, 3.8) is 0 Å². The molecule has 0 aliphatic heterocycles. The topological polar surface area (TPSA) is 186 Å². The normalized spacial score (nSPS) is 16.5. The average molecular weight is 767 g/mol. The highest BCUT2D eigenvalue weighted by Gasteiger charge is 2.36. The second-order valence-electron chi connectivity index (χ2n) is 16.5. The molecule has 1 aliphatic carbocycles. The number of amides is 2. The maximum absolute atomic E-state index is 14.0. The van der Waals surface area contributed by atoms with E-state index in [1.165, 1.54) is 29.2 Å². The molecule has 2 heterocycles. The number of alkyl carbamates (subject to hydrolysis) is 1. The molecule has 3 aromatic rings. The van der Waals surface area contributed by atoms with Gasteiger partial charge in [0.05, 0.1) is 27.9 Å². The van der Waals surface area contributed by atoms with E-state index in [9.17, 15) is 24.5 Å². The van der Waals surface area contributed by atoms with E-state index in [1.807, 2.05) is 33.8 Å². The van der Waals surface area contributed by atoms with Crippen LogP contribution in [0.4, 0.5) is 31.6 Å². The number of aromatic nitrogens is 3. The zero-order valence-corrected chi connectivity index (χ0v) is 33.4. The van der Waals surface area contributed by atoms with E-state index >= 15 is 0 Å². The predicted octanol–water partition coefficient (Wildman–Crippen LogP) is 8.94. The highest BCUT2D eigenvalue weighted by molar-refractivity contribution is 5.95. The minimum absolute atomic E-state index is 0.0954. The van der Waals surface area contributed by atoms with Gasteiger partial charge in [-0.25, -0.2) is 28.9 Å². The van der Waals surface area contributed by atoms with Crippen molar-refractivity contribution in [2.45, 2.75) is 136 Å². The minimum atomic E-state index is -0.904. The summed E-state index contributed by atoms with van der Waals surface area (Å²) in [4.78, 5) is 54.9. The fraction of sp³-hybridized carbons (Fsp3) is 0.564. The van der Waals surface area contributed by atoms with Crippen LogP contribution >= 0.6 is 0 Å². The molecule has 1 N–H and O–H groups in total. The largest absolute Gasteiger partial charge is 0.514 e. The van der Waals surface area contributed by atoms with Gasteiger partial charge in [0.2, 0.25) is 5.88 Å². The summed E-state index contributed by atoms with van der Waals surface area (Å²) in [6.07, 6.45) is 1.83. The SMILES string of the molecule is CC(CCCNC(=O)OC(C)(C)C)Oc1cc(N(C(=O)OC(C)(C)C)c2cc([C@H]3CC[C@@H](OC(=O)Oc4ccc([N+](=O)[O-])cc4)C3)nn2C(C)(C)C)ccn1. The summed E-state index contributed by atoms with van der Waals surface area (Å²) in [5.41, 5.74) is -0.902. The Kier molecular flexibility index (Phi) is 13.4. The van der Waals surface area contributed by atoms with Gasteiger partial charge in [0.25, 0.3) is 5.69 Å². The monoisotopic (exact) mass is 766 g/mol. The van der Waals surface area contributed by atoms with Crippen molar-refractivity contribution >= 4 is 35.5 Å². The van der Waals surface area contributed by atoms with Crippen LogP contribution in [-0.4, -0.2) is 68.0 Å². The molecule has 55 heavy (non-hydrogen) atoms. The molecule has 3 atom stereocenters. The standard InChI is InChI=1S/C39H54N6O10/c1-25(12-11-20-41-34(46)54-38(5,6)7)51-32-23-28(19-21-40-32)43(35(47)55-39(8,9)10)33-24-31(42-44(33)37(2,3)4)26-13-16-30(22-26)53-36(48)52-29-17-14-27(15-18-29)45(49)50/h14-15,17-19,21,23-26,30H,11-13,16,20,22H2,1-10H3,(H,41,46)/t25?,26-,30+/m0/s1. The number of nitro benzene ring substituents is 1. The van der Waals surface area contributed by atoms with Gasteiger partial charge in [0.15, 0.2) is 0 Å². The van der Waals surface area contributed by atoms with Gasteiger partial charge in [-0.15, -0.1) is 0 Å². The smallest absolute Gasteiger partial charge is 0.475 e. The van der Waals surface area contributed by atoms with E-state index in [2.05, 4.69) is 10.3 Å². The Morgan fingerprint density at radius 1 is 0.982 bits per heavy atom. The number of non-ortho nitro benzene ring substituents is 1. The molecule has 2 aromatic heterocycles. The molecular weight excluding hydrogens is 712 g/mol. The van der Waals surface area contributed by atoms with E-state index in [0.29, 0.717) is 61.7 Å². The van der Waals surface area contributed by atoms with Gasteiger partial charge in [-0.05, 0) is 120 Å². The van der Waals surface area contributed by atoms with Crippen molar-refractivity contribution in [2.75, 3.05) is 11.4 Å². The number of benzene rings is 1. The van der Waals surface area contributed by atoms with Crippen LogP contribution in [0.1, 0.15) is 113 Å². The van der Waals surface area contributed by atoms with E-state index < -0.39 is 46.1 Å². The average Bonchev–Trinajstić information content (AvgIpc) is 3.70. The number of hydrogen-bond donors (Lipinski definition) is 1. The van der Waals surface area contributed by atoms with Gasteiger partial charge in [-0.2, -0.15) is 5.10 Å². The second kappa shape index (κ2) is 17.4. The van der Waals surface area contributed by atoms with Crippen molar-refractivity contribution < 1.29 is 43.0 Å². The summed E-state index contributed by atoms with van der Waals surface area (Å²) in [6.45, 7) is 19.1. The third kappa shape index (κ3) is 12.9. The van der Waals surface area contributed by atoms with Crippen LogP contribution in [0.3, 0.4) is 0 Å². The predicted molar refractivity (Wildman–Crippen MR) is 204 cm³/mol. The fourth-order valence-electron chi connectivity index (χ4n) is 5.85. The molecule has 1 aliphatic rings. The van der Waals surface area contributed by atoms with Crippen LogP contribution in [0.25, 0.3) is 0 Å². The lowest BCUT2D eigenvalue weighted by molar-refractivity contribution is -0.384. The molecule has 1 fully saturated rings. The fourth-order valence-corrected chi connectivity index (χ4v) is 5.85. The van der Waals surface area contributed by atoms with Crippen LogP contribution < -0.4 is 19.7 Å². The maximum atomic E-state index is 14.0. The lowest BCUT2D eigenvalue weighted by atomic mass is 10.0. The van der Waals surface area contributed by atoms with Gasteiger partial charge in [-0.1, -0.05) is 0 Å². The molecule has 16 heteroatoms. The third-order valence-electron chi connectivity index (χ3n) is 8.22. The van der Waals surface area contributed by atoms with Crippen molar-refractivity contribution in [1.82, 2.24) is 20.1 Å². The number of carbonyl (C=O) groups is 3. The summed E-state index contributed by atoms with van der Waals surface area (Å²) < 4.78 is 30.0. The Hall–Kier alpha value is -5.41. The number of nitro groups is 1. The zero-order chi connectivity index (χ0) is 40.7. The first kappa shape index (κ1) is 42.3. The van der Waals surface area contributed by atoms with Crippen molar-refractivity contribution in [3.8, 4) is 11.6 Å². The third-order valence-corrected chi connectivity index (χ3v) is 8.22. The van der Waals surface area contributed by atoms with Crippen molar-refractivity contribution in [1.29, 1.82) is 0 Å². The van der Waals surface area contributed by atoms with Crippen molar-refractivity contribution in [2.24, 2.45) is 0 Å². The van der Waals surface area contributed by atoms with Crippen LogP contribution in [-0.2, 0) is 19.7 Å². The van der Waals surface area contributed by atoms with Gasteiger partial charge in [0.1, 0.15) is 28.9 Å². The van der Waals surface area contributed by atoms with Gasteiger partial charge < -0.3 is 29.0 Å². The first-order chi connectivity index (χ1) is 25.6. The van der Waals surface area contributed by atoms with Crippen molar-refractivity contribution in [3.05, 3.63) is 64.5 Å². The molecule has 1 saturated carbocycles. The van der Waals surface area contributed by atoms with Gasteiger partial charge in [0, 0.05) is 42.9 Å². The molecule has 4 rings (SSSR count). The summed E-state index contributed by atoms with van der Waals surface area (Å²) in [7, 11) is 0. The molecule has 2 amide bonds. The highest BCUT2D eigenvalue weighted by Crippen LogP contribution is 2.40. The summed E-state index contributed by atoms with van der Waals surface area (Å²) in [5, 5.41) is 18.7. The Morgan fingerprint density at radius 3 is 2.27 bits per heavy atom. The zero-order valence-electron chi connectivity index (χ0n) is 33.4. The highest BCUT2D eigenvalue weighted by atomic mass is 16.7. The lowest BCUT2D eigenvalue weighted by Crippen LogP contribution is -2.37. The molecule has 1 unspecified atom stereocenters. The minimum Gasteiger partial charge on any atom is -0.475 e. The van der Waals surface area contributed by atoms with Gasteiger partial charge >= 0.3 is 18.3 Å². The van der Waals surface area contributed by atoms with Crippen LogP contribution in [0.2, 0.25) is 0 Å². The quantitative estimate of drug-likeness (QED) is 0.0461. The number of rotatable bonds is 12. The van der Waals surface area contributed by atoms with E-state index in [4.69, 9.17) is 28.8 Å². The Balaban J connectivity index is 1.51. The van der Waals surface area contributed by atoms with Gasteiger partial charge in [-0.3, -0.25) is 10.1 Å². The van der Waals surface area contributed by atoms with E-state index in [-0.39, 0.29) is 23.5 Å². The summed E-state index contributed by atoms with van der Waals surface area (Å²) in [6, 6.07) is 10.4. The van der Waals surface area contributed by atoms with Crippen LogP contribution in [0.5, 0.6) is 11.6 Å². The molecule has 0 spiro atoms. The first-order valence-corrected chi connectivity index (χ1v) is 18.4. The van der Waals surface area contributed by atoms with Crippen LogP contribution in [0, 0.1) is 10.1 Å². The molecule has 0 radical (unpaired) electrons. The number of anilines is 2. The van der Waals surface area contributed by atoms with E-state index in [0.717, 1.165) is 0 Å². The summed E-state index contributed by atoms with van der Waals surface area (Å²) >= 11 is 0. The Bertz CT molecular complexity index is 1810. The lowest BCUT2D eigenvalue weighted by Gasteiger charge is -2.30. The summed E-state index contributed by atoms with van der Waals surface area (Å²) in [5.74, 6) is 0.809. The first-order valence-electron chi connectivity index (χ1n) is 18.4. The molecule has 300 valence electrons. The number of nitrogens with zero attached hydrogens (tertiary/aromatic N) is 5. The number of hydrogen-bond acceptors (Lipinski definition) is 12. The second-order valence-corrected chi connectivity index (χ2v) is 16.5. The maximum Gasteiger partial charge on any atom is 0.514 e. The number of carbonyl (C=O) groups excluding carboxylic acids is 3. The Labute approximate surface area is 322 Å². The molecule has 16 nitrogen and oxygen atoms in total. The Morgan fingerprint density at radius 2 is 1.65 bits per heavy atom. The molecular formula is C39H54N6O10. The number of nitrogens with one attached hydrogen (secondary N) is 1. The van der Waals surface area contributed by atoms with Crippen LogP contribution in [0.15, 0.2) is 48.7 Å².